The zero-order chi connectivity index (χ0) is 15.3. The predicted molar refractivity (Wildman–Crippen MR) is 96.0 cm³/mol. The van der Waals surface area contributed by atoms with E-state index in [1.807, 2.05) is 42.5 Å². The molecule has 0 heterocycles. The number of phenols is 1. The van der Waals surface area contributed by atoms with Gasteiger partial charge in [0, 0.05) is 16.7 Å². The fraction of sp³-hybridized carbons (Fsp3) is 0.500. The van der Waals surface area contributed by atoms with Crippen LogP contribution in [0.25, 0.3) is 0 Å². The smallest absolute Gasteiger partial charge is 0.255 e. The van der Waals surface area contributed by atoms with Gasteiger partial charge in [-0.1, -0.05) is 13.8 Å². The molecule has 20 heavy (non-hydrogen) atoms. The number of halogens is 2. The van der Waals surface area contributed by atoms with Crippen LogP contribution in [0.15, 0.2) is 12.1 Å². The minimum absolute atomic E-state index is 0.0247. The summed E-state index contributed by atoms with van der Waals surface area (Å²) in [6.07, 6.45) is 1.55. The summed E-state index contributed by atoms with van der Waals surface area (Å²) in [5.41, 5.74) is 0.225. The standard InChI is InChI=1S/C14H19I2NO3/c1-14(2,4-3-5-18)8-17-13(20)10-6-9(15)7-11(16)12(10)19/h6-7,18-19H,3-5,8H2,1-2H3,(H,17,20). The van der Waals surface area contributed by atoms with Gasteiger partial charge >= 0.3 is 0 Å². The van der Waals surface area contributed by atoms with Crippen LogP contribution in [0, 0.1) is 12.6 Å². The van der Waals surface area contributed by atoms with Crippen molar-refractivity contribution < 1.29 is 15.0 Å². The summed E-state index contributed by atoms with van der Waals surface area (Å²) in [4.78, 5) is 12.2. The lowest BCUT2D eigenvalue weighted by Crippen LogP contribution is -2.34. The lowest BCUT2D eigenvalue weighted by Gasteiger charge is -2.24. The first-order valence-corrected chi connectivity index (χ1v) is 8.49. The van der Waals surface area contributed by atoms with Crippen molar-refractivity contribution in [3.8, 4) is 5.75 Å². The molecule has 0 saturated heterocycles. The Morgan fingerprint density at radius 2 is 2.00 bits per heavy atom. The molecular formula is C14H19I2NO3. The highest BCUT2D eigenvalue weighted by Crippen LogP contribution is 2.27. The van der Waals surface area contributed by atoms with Crippen LogP contribution in [0.3, 0.4) is 0 Å². The molecule has 0 radical (unpaired) electrons. The Balaban J connectivity index is 2.73. The molecule has 0 bridgehead atoms. The maximum absolute atomic E-state index is 12.2. The van der Waals surface area contributed by atoms with Gasteiger partial charge in [0.2, 0.25) is 0 Å². The number of phenolic OH excluding ortho intramolecular Hbond substituents is 1. The number of carbonyl (C=O) groups is 1. The fourth-order valence-electron chi connectivity index (χ4n) is 1.80. The van der Waals surface area contributed by atoms with Gasteiger partial charge in [-0.3, -0.25) is 4.79 Å². The van der Waals surface area contributed by atoms with Crippen LogP contribution in [-0.2, 0) is 0 Å². The molecule has 0 aliphatic rings. The van der Waals surface area contributed by atoms with E-state index in [2.05, 4.69) is 27.9 Å². The zero-order valence-corrected chi connectivity index (χ0v) is 15.9. The van der Waals surface area contributed by atoms with Crippen molar-refractivity contribution in [1.82, 2.24) is 5.32 Å². The predicted octanol–water partition coefficient (Wildman–Crippen LogP) is 3.13. The van der Waals surface area contributed by atoms with E-state index in [0.717, 1.165) is 16.4 Å². The molecule has 0 atom stereocenters. The van der Waals surface area contributed by atoms with E-state index in [0.29, 0.717) is 15.7 Å². The Kier molecular flexibility index (Phi) is 6.99. The Hall–Kier alpha value is -0.0900. The molecule has 1 aromatic rings. The van der Waals surface area contributed by atoms with E-state index in [4.69, 9.17) is 5.11 Å². The second kappa shape index (κ2) is 7.79. The quantitative estimate of drug-likeness (QED) is 0.523. The van der Waals surface area contributed by atoms with Crippen molar-refractivity contribution in [2.45, 2.75) is 26.7 Å². The van der Waals surface area contributed by atoms with Crippen LogP contribution in [0.1, 0.15) is 37.0 Å². The first-order chi connectivity index (χ1) is 9.26. The Morgan fingerprint density at radius 1 is 1.35 bits per heavy atom. The van der Waals surface area contributed by atoms with Gasteiger partial charge in [-0.2, -0.15) is 0 Å². The zero-order valence-electron chi connectivity index (χ0n) is 11.5. The van der Waals surface area contributed by atoms with Crippen LogP contribution < -0.4 is 5.32 Å². The molecule has 0 aromatic heterocycles. The molecule has 0 aliphatic heterocycles. The lowest BCUT2D eigenvalue weighted by molar-refractivity contribution is 0.0930. The van der Waals surface area contributed by atoms with Crippen LogP contribution in [-0.4, -0.2) is 29.3 Å². The third-order valence-corrected chi connectivity index (χ3v) is 4.46. The van der Waals surface area contributed by atoms with Crippen molar-refractivity contribution in [1.29, 1.82) is 0 Å². The Morgan fingerprint density at radius 3 is 2.60 bits per heavy atom. The van der Waals surface area contributed by atoms with Crippen molar-refractivity contribution in [3.05, 3.63) is 24.8 Å². The largest absolute Gasteiger partial charge is 0.506 e. The summed E-state index contributed by atoms with van der Waals surface area (Å²) in [7, 11) is 0. The van der Waals surface area contributed by atoms with E-state index in [1.54, 1.807) is 6.07 Å². The number of aromatic hydroxyl groups is 1. The first-order valence-electron chi connectivity index (χ1n) is 6.34. The fourth-order valence-corrected chi connectivity index (χ4v) is 3.64. The Labute approximate surface area is 146 Å². The molecule has 1 amide bonds. The second-order valence-corrected chi connectivity index (χ2v) is 7.87. The third-order valence-electron chi connectivity index (χ3n) is 3.01. The molecule has 112 valence electrons. The van der Waals surface area contributed by atoms with Gasteiger partial charge in [0.05, 0.1) is 9.13 Å². The van der Waals surface area contributed by atoms with E-state index < -0.39 is 0 Å². The van der Waals surface area contributed by atoms with Crippen LogP contribution in [0.5, 0.6) is 5.75 Å². The molecule has 0 saturated carbocycles. The van der Waals surface area contributed by atoms with Gasteiger partial charge in [0.25, 0.3) is 5.91 Å². The molecule has 6 heteroatoms. The van der Waals surface area contributed by atoms with Gasteiger partial charge in [-0.25, -0.2) is 0 Å². The average molecular weight is 503 g/mol. The Bertz CT molecular complexity index is 490. The number of rotatable bonds is 6. The van der Waals surface area contributed by atoms with Gasteiger partial charge in [0.1, 0.15) is 5.75 Å². The molecule has 1 aromatic carbocycles. The molecule has 4 nitrogen and oxygen atoms in total. The third kappa shape index (κ3) is 5.36. The number of carbonyl (C=O) groups excluding carboxylic acids is 1. The topological polar surface area (TPSA) is 69.6 Å². The van der Waals surface area contributed by atoms with Crippen LogP contribution in [0.4, 0.5) is 0 Å². The van der Waals surface area contributed by atoms with E-state index >= 15 is 0 Å². The van der Waals surface area contributed by atoms with Gasteiger partial charge < -0.3 is 15.5 Å². The number of aliphatic hydroxyl groups is 1. The highest BCUT2D eigenvalue weighted by molar-refractivity contribution is 14.1. The lowest BCUT2D eigenvalue weighted by atomic mass is 9.88. The van der Waals surface area contributed by atoms with Gasteiger partial charge in [-0.05, 0) is 75.6 Å². The number of hydrogen-bond acceptors (Lipinski definition) is 3. The number of benzene rings is 1. The van der Waals surface area contributed by atoms with Crippen LogP contribution in [0.2, 0.25) is 0 Å². The molecule has 0 fully saturated rings. The summed E-state index contributed by atoms with van der Waals surface area (Å²) >= 11 is 4.13. The summed E-state index contributed by atoms with van der Waals surface area (Å²) in [5, 5.41) is 21.7. The number of hydrogen-bond donors (Lipinski definition) is 3. The van der Waals surface area contributed by atoms with E-state index in [-0.39, 0.29) is 23.7 Å². The maximum atomic E-state index is 12.2. The van der Waals surface area contributed by atoms with Crippen molar-refractivity contribution >= 4 is 51.1 Å². The molecule has 0 unspecified atom stereocenters. The van der Waals surface area contributed by atoms with Crippen molar-refractivity contribution in [2.24, 2.45) is 5.41 Å². The normalized spacial score (nSPS) is 11.4. The second-order valence-electron chi connectivity index (χ2n) is 5.46. The van der Waals surface area contributed by atoms with E-state index in [9.17, 15) is 9.90 Å². The summed E-state index contributed by atoms with van der Waals surface area (Å²) < 4.78 is 1.58. The monoisotopic (exact) mass is 503 g/mol. The summed E-state index contributed by atoms with van der Waals surface area (Å²) in [6.45, 7) is 4.75. The molecule has 1 rings (SSSR count). The number of nitrogens with one attached hydrogen (secondary N) is 1. The summed E-state index contributed by atoms with van der Waals surface area (Å²) in [6, 6.07) is 3.49. The number of aliphatic hydroxyl groups excluding tert-OH is 1. The van der Waals surface area contributed by atoms with Crippen molar-refractivity contribution in [3.63, 3.8) is 0 Å². The van der Waals surface area contributed by atoms with Crippen LogP contribution >= 0.6 is 45.2 Å². The maximum Gasteiger partial charge on any atom is 0.255 e. The molecular weight excluding hydrogens is 484 g/mol. The highest BCUT2D eigenvalue weighted by atomic mass is 127. The minimum Gasteiger partial charge on any atom is -0.506 e. The minimum atomic E-state index is -0.268. The number of amides is 1. The van der Waals surface area contributed by atoms with Gasteiger partial charge in [-0.15, -0.1) is 0 Å². The van der Waals surface area contributed by atoms with E-state index in [1.165, 1.54) is 0 Å². The van der Waals surface area contributed by atoms with Gasteiger partial charge in [0.15, 0.2) is 0 Å². The molecule has 3 N–H and O–H groups in total. The first kappa shape index (κ1) is 18.0. The SMILES string of the molecule is CC(C)(CCCO)CNC(=O)c1cc(I)cc(I)c1O. The molecule has 0 aliphatic carbocycles. The average Bonchev–Trinajstić information content (AvgIpc) is 2.38. The molecule has 0 spiro atoms. The van der Waals surface area contributed by atoms with Crippen molar-refractivity contribution in [2.75, 3.05) is 13.2 Å². The highest BCUT2D eigenvalue weighted by Gasteiger charge is 2.20. The summed E-state index contributed by atoms with van der Waals surface area (Å²) in [5.74, 6) is -0.243.